The monoisotopic (exact) mass is 194 g/mol. The van der Waals surface area contributed by atoms with Crippen LogP contribution in [0.25, 0.3) is 0 Å². The summed E-state index contributed by atoms with van der Waals surface area (Å²) in [6, 6.07) is 2.84. The van der Waals surface area contributed by atoms with E-state index in [1.165, 1.54) is 12.8 Å². The quantitative estimate of drug-likeness (QED) is 0.681. The standard InChI is InChI=1S/C11H18N2O/c12-7-9-3-1-2-4-11(9)13-6-5-10(14)8-13/h9-11,14H,1-6,8H2. The van der Waals surface area contributed by atoms with Gasteiger partial charge in [-0.3, -0.25) is 4.90 Å². The van der Waals surface area contributed by atoms with Crippen molar-refractivity contribution in [2.75, 3.05) is 13.1 Å². The summed E-state index contributed by atoms with van der Waals surface area (Å²) >= 11 is 0. The Morgan fingerprint density at radius 1 is 1.21 bits per heavy atom. The lowest BCUT2D eigenvalue weighted by molar-refractivity contribution is 0.124. The van der Waals surface area contributed by atoms with E-state index in [1.807, 2.05) is 0 Å². The minimum Gasteiger partial charge on any atom is -0.392 e. The second-order valence-corrected chi connectivity index (χ2v) is 4.52. The van der Waals surface area contributed by atoms with Gasteiger partial charge in [0, 0.05) is 19.1 Å². The Morgan fingerprint density at radius 3 is 2.64 bits per heavy atom. The predicted molar refractivity (Wildman–Crippen MR) is 53.6 cm³/mol. The third kappa shape index (κ3) is 1.92. The number of nitriles is 1. The Balaban J connectivity index is 1.97. The van der Waals surface area contributed by atoms with Crippen LogP contribution in [0, 0.1) is 17.2 Å². The molecule has 0 radical (unpaired) electrons. The van der Waals surface area contributed by atoms with Crippen molar-refractivity contribution in [2.45, 2.75) is 44.2 Å². The zero-order valence-electron chi connectivity index (χ0n) is 8.52. The molecule has 0 aromatic rings. The van der Waals surface area contributed by atoms with Gasteiger partial charge in [-0.25, -0.2) is 0 Å². The van der Waals surface area contributed by atoms with E-state index in [0.29, 0.717) is 6.04 Å². The normalized spacial score (nSPS) is 39.6. The second-order valence-electron chi connectivity index (χ2n) is 4.52. The van der Waals surface area contributed by atoms with Crippen molar-refractivity contribution < 1.29 is 5.11 Å². The third-order valence-corrected chi connectivity index (χ3v) is 3.56. The SMILES string of the molecule is N#CC1CCCCC1N1CCC(O)C1. The molecule has 1 N–H and O–H groups in total. The molecule has 1 aliphatic heterocycles. The van der Waals surface area contributed by atoms with E-state index in [1.54, 1.807) is 0 Å². The number of likely N-dealkylation sites (tertiary alicyclic amines) is 1. The van der Waals surface area contributed by atoms with Crippen molar-refractivity contribution in [1.82, 2.24) is 4.90 Å². The first-order valence-corrected chi connectivity index (χ1v) is 5.63. The lowest BCUT2D eigenvalue weighted by Gasteiger charge is -2.34. The molecule has 0 bridgehead atoms. The van der Waals surface area contributed by atoms with Gasteiger partial charge in [0.05, 0.1) is 18.1 Å². The Hall–Kier alpha value is -0.590. The van der Waals surface area contributed by atoms with E-state index in [0.717, 1.165) is 32.4 Å². The smallest absolute Gasteiger partial charge is 0.0679 e. The second kappa shape index (κ2) is 4.29. The van der Waals surface area contributed by atoms with Crippen LogP contribution in [-0.2, 0) is 0 Å². The number of β-amino-alcohol motifs (C(OH)–C–C–N with tert-alkyl or cyclic N) is 1. The van der Waals surface area contributed by atoms with Gasteiger partial charge in [0.25, 0.3) is 0 Å². The van der Waals surface area contributed by atoms with Gasteiger partial charge < -0.3 is 5.11 Å². The molecular formula is C11H18N2O. The number of aliphatic hydroxyl groups excluding tert-OH is 1. The largest absolute Gasteiger partial charge is 0.392 e. The summed E-state index contributed by atoms with van der Waals surface area (Å²) in [4.78, 5) is 2.32. The first kappa shape index (κ1) is 9.95. The lowest BCUT2D eigenvalue weighted by Crippen LogP contribution is -2.41. The van der Waals surface area contributed by atoms with E-state index in [9.17, 15) is 5.11 Å². The minimum absolute atomic E-state index is 0.156. The van der Waals surface area contributed by atoms with Crippen molar-refractivity contribution in [2.24, 2.45) is 5.92 Å². The zero-order chi connectivity index (χ0) is 9.97. The molecule has 3 atom stereocenters. The highest BCUT2D eigenvalue weighted by atomic mass is 16.3. The van der Waals surface area contributed by atoms with Gasteiger partial charge >= 0.3 is 0 Å². The predicted octanol–water partition coefficient (Wildman–Crippen LogP) is 1.14. The molecule has 2 rings (SSSR count). The van der Waals surface area contributed by atoms with Gasteiger partial charge in [0.15, 0.2) is 0 Å². The maximum Gasteiger partial charge on any atom is 0.0679 e. The van der Waals surface area contributed by atoms with Crippen molar-refractivity contribution in [3.05, 3.63) is 0 Å². The van der Waals surface area contributed by atoms with Crippen molar-refractivity contribution in [3.8, 4) is 6.07 Å². The maximum atomic E-state index is 9.46. The minimum atomic E-state index is -0.156. The highest BCUT2D eigenvalue weighted by Gasteiger charge is 2.33. The topological polar surface area (TPSA) is 47.3 Å². The van der Waals surface area contributed by atoms with Gasteiger partial charge in [-0.2, -0.15) is 5.26 Å². The lowest BCUT2D eigenvalue weighted by atomic mass is 9.84. The summed E-state index contributed by atoms with van der Waals surface area (Å²) in [5.41, 5.74) is 0. The van der Waals surface area contributed by atoms with Crippen LogP contribution in [0.1, 0.15) is 32.1 Å². The van der Waals surface area contributed by atoms with Crippen LogP contribution in [0.4, 0.5) is 0 Å². The molecule has 1 heterocycles. The van der Waals surface area contributed by atoms with Crippen LogP contribution in [0.5, 0.6) is 0 Å². The molecule has 3 unspecified atom stereocenters. The first-order chi connectivity index (χ1) is 6.81. The number of aliphatic hydroxyl groups is 1. The molecule has 3 heteroatoms. The van der Waals surface area contributed by atoms with E-state index in [4.69, 9.17) is 5.26 Å². The van der Waals surface area contributed by atoms with Crippen LogP contribution < -0.4 is 0 Å². The van der Waals surface area contributed by atoms with Crippen LogP contribution in [0.2, 0.25) is 0 Å². The molecule has 0 spiro atoms. The average molecular weight is 194 g/mol. The van der Waals surface area contributed by atoms with Crippen LogP contribution in [0.3, 0.4) is 0 Å². The third-order valence-electron chi connectivity index (χ3n) is 3.56. The Labute approximate surface area is 85.3 Å². The van der Waals surface area contributed by atoms with Gasteiger partial charge in [-0.15, -0.1) is 0 Å². The molecule has 1 aliphatic carbocycles. The number of nitrogens with zero attached hydrogens (tertiary/aromatic N) is 2. The van der Waals surface area contributed by atoms with E-state index in [2.05, 4.69) is 11.0 Å². The number of hydrogen-bond acceptors (Lipinski definition) is 3. The summed E-state index contributed by atoms with van der Waals surface area (Å²) in [7, 11) is 0. The molecule has 3 nitrogen and oxygen atoms in total. The molecule has 1 saturated carbocycles. The molecule has 0 amide bonds. The van der Waals surface area contributed by atoms with Crippen LogP contribution >= 0.6 is 0 Å². The van der Waals surface area contributed by atoms with Gasteiger partial charge in [0.1, 0.15) is 0 Å². The van der Waals surface area contributed by atoms with E-state index in [-0.39, 0.29) is 12.0 Å². The van der Waals surface area contributed by atoms with Gasteiger partial charge in [0.2, 0.25) is 0 Å². The number of hydrogen-bond donors (Lipinski definition) is 1. The molecule has 14 heavy (non-hydrogen) atoms. The Bertz CT molecular complexity index is 236. The zero-order valence-corrected chi connectivity index (χ0v) is 8.52. The summed E-state index contributed by atoms with van der Waals surface area (Å²) in [5, 5.41) is 18.5. The van der Waals surface area contributed by atoms with Crippen molar-refractivity contribution in [3.63, 3.8) is 0 Å². The molecule has 2 fully saturated rings. The fraction of sp³-hybridized carbons (Fsp3) is 0.909. The molecular weight excluding hydrogens is 176 g/mol. The Morgan fingerprint density at radius 2 is 2.00 bits per heavy atom. The molecule has 0 aromatic carbocycles. The van der Waals surface area contributed by atoms with E-state index >= 15 is 0 Å². The Kier molecular flexibility index (Phi) is 3.05. The highest BCUT2D eigenvalue weighted by molar-refractivity contribution is 4.97. The van der Waals surface area contributed by atoms with Gasteiger partial charge in [-0.05, 0) is 19.3 Å². The fourth-order valence-corrected chi connectivity index (χ4v) is 2.77. The van der Waals surface area contributed by atoms with Crippen molar-refractivity contribution >= 4 is 0 Å². The van der Waals surface area contributed by atoms with Crippen molar-refractivity contribution in [1.29, 1.82) is 5.26 Å². The highest BCUT2D eigenvalue weighted by Crippen LogP contribution is 2.30. The first-order valence-electron chi connectivity index (χ1n) is 5.63. The summed E-state index contributed by atoms with van der Waals surface area (Å²) < 4.78 is 0. The van der Waals surface area contributed by atoms with E-state index < -0.39 is 0 Å². The van der Waals surface area contributed by atoms with Crippen LogP contribution in [-0.4, -0.2) is 35.2 Å². The maximum absolute atomic E-state index is 9.46. The fourth-order valence-electron chi connectivity index (χ4n) is 2.77. The molecule has 2 aliphatic rings. The molecule has 78 valence electrons. The molecule has 0 aromatic heterocycles. The summed E-state index contributed by atoms with van der Waals surface area (Å²) in [5.74, 6) is 0.203. The average Bonchev–Trinajstić information content (AvgIpc) is 2.65. The van der Waals surface area contributed by atoms with Gasteiger partial charge in [-0.1, -0.05) is 12.8 Å². The summed E-state index contributed by atoms with van der Waals surface area (Å²) in [6.07, 6.45) is 5.37. The summed E-state index contributed by atoms with van der Waals surface area (Å²) in [6.45, 7) is 1.76. The number of rotatable bonds is 1. The molecule has 1 saturated heterocycles. The van der Waals surface area contributed by atoms with Crippen LogP contribution in [0.15, 0.2) is 0 Å².